The van der Waals surface area contributed by atoms with Gasteiger partial charge in [0, 0.05) is 12.5 Å². The van der Waals surface area contributed by atoms with E-state index >= 15 is 0 Å². The van der Waals surface area contributed by atoms with Crippen molar-refractivity contribution >= 4 is 11.6 Å². The van der Waals surface area contributed by atoms with Crippen LogP contribution in [-0.4, -0.2) is 5.91 Å². The minimum atomic E-state index is 0.0811. The molecular weight excluding hydrogens is 294 g/mol. The number of rotatable bonds is 1. The Morgan fingerprint density at radius 3 is 2.25 bits per heavy atom. The molecule has 0 unspecified atom stereocenters. The number of nitrogens with zero attached hydrogens (tertiary/aromatic N) is 1. The molecule has 1 aliphatic rings. The Labute approximate surface area is 142 Å². The van der Waals surface area contributed by atoms with Crippen LogP contribution in [0.1, 0.15) is 18.1 Å². The Morgan fingerprint density at radius 2 is 1.50 bits per heavy atom. The molecule has 1 heterocycles. The standard InChI is InChI=1S/C22H19NO/c1-15-18(17-8-4-3-5-9-17)12-13-19-20-10-6-7-11-22(20)23(16(2)24)14-21(15)19/h3-13H,14H2,1-2H3. The van der Waals surface area contributed by atoms with Crippen molar-refractivity contribution in [2.24, 2.45) is 0 Å². The normalized spacial score (nSPS) is 12.5. The van der Waals surface area contributed by atoms with Crippen LogP contribution in [0.25, 0.3) is 22.3 Å². The van der Waals surface area contributed by atoms with Gasteiger partial charge >= 0.3 is 0 Å². The SMILES string of the molecule is CC(=O)N1Cc2c(ccc(-c3ccccc3)c2C)-c2ccccc21. The van der Waals surface area contributed by atoms with Crippen molar-refractivity contribution < 1.29 is 4.79 Å². The predicted octanol–water partition coefficient (Wildman–Crippen LogP) is 5.20. The van der Waals surface area contributed by atoms with Gasteiger partial charge < -0.3 is 4.90 Å². The van der Waals surface area contributed by atoms with Gasteiger partial charge in [-0.2, -0.15) is 0 Å². The summed E-state index contributed by atoms with van der Waals surface area (Å²) in [5, 5.41) is 0. The Kier molecular flexibility index (Phi) is 3.46. The van der Waals surface area contributed by atoms with Gasteiger partial charge in [0.05, 0.1) is 12.2 Å². The minimum Gasteiger partial charge on any atom is -0.308 e. The van der Waals surface area contributed by atoms with Crippen LogP contribution in [0.15, 0.2) is 66.7 Å². The van der Waals surface area contributed by atoms with Crippen LogP contribution >= 0.6 is 0 Å². The minimum absolute atomic E-state index is 0.0811. The molecule has 1 amide bonds. The Bertz CT molecular complexity index is 928. The quantitative estimate of drug-likeness (QED) is 0.605. The zero-order valence-corrected chi connectivity index (χ0v) is 13.9. The average Bonchev–Trinajstić information content (AvgIpc) is 2.62. The zero-order valence-electron chi connectivity index (χ0n) is 13.9. The molecule has 1 aliphatic heterocycles. The zero-order chi connectivity index (χ0) is 16.7. The highest BCUT2D eigenvalue weighted by molar-refractivity contribution is 5.99. The number of fused-ring (bicyclic) bond motifs is 3. The van der Waals surface area contributed by atoms with Crippen LogP contribution < -0.4 is 4.90 Å². The van der Waals surface area contributed by atoms with Crippen molar-refractivity contribution in [1.29, 1.82) is 0 Å². The molecule has 3 aromatic rings. The van der Waals surface area contributed by atoms with Crippen LogP contribution in [0.2, 0.25) is 0 Å². The summed E-state index contributed by atoms with van der Waals surface area (Å²) in [6, 6.07) is 23.0. The number of hydrogen-bond acceptors (Lipinski definition) is 1. The number of amides is 1. The lowest BCUT2D eigenvalue weighted by atomic mass is 9.86. The largest absolute Gasteiger partial charge is 0.308 e. The van der Waals surface area contributed by atoms with Gasteiger partial charge in [0.1, 0.15) is 0 Å². The highest BCUT2D eigenvalue weighted by Gasteiger charge is 2.26. The number of anilines is 1. The van der Waals surface area contributed by atoms with E-state index in [1.165, 1.54) is 27.8 Å². The topological polar surface area (TPSA) is 20.3 Å². The molecule has 4 rings (SSSR count). The van der Waals surface area contributed by atoms with Crippen LogP contribution in [0.5, 0.6) is 0 Å². The summed E-state index contributed by atoms with van der Waals surface area (Å²) < 4.78 is 0. The molecule has 0 bridgehead atoms. The van der Waals surface area contributed by atoms with Gasteiger partial charge in [-0.1, -0.05) is 60.7 Å². The second kappa shape index (κ2) is 5.64. The van der Waals surface area contributed by atoms with Crippen molar-refractivity contribution in [1.82, 2.24) is 0 Å². The van der Waals surface area contributed by atoms with E-state index in [4.69, 9.17) is 0 Å². The van der Waals surface area contributed by atoms with Gasteiger partial charge in [0.15, 0.2) is 0 Å². The molecule has 0 N–H and O–H groups in total. The lowest BCUT2D eigenvalue weighted by molar-refractivity contribution is -0.116. The molecule has 0 saturated heterocycles. The molecule has 24 heavy (non-hydrogen) atoms. The first kappa shape index (κ1) is 14.7. The molecule has 0 radical (unpaired) electrons. The average molecular weight is 313 g/mol. The fraction of sp³-hybridized carbons (Fsp3) is 0.136. The number of para-hydroxylation sites is 1. The van der Waals surface area contributed by atoms with Gasteiger partial charge in [-0.05, 0) is 40.8 Å². The van der Waals surface area contributed by atoms with Crippen molar-refractivity contribution in [2.75, 3.05) is 4.90 Å². The monoisotopic (exact) mass is 313 g/mol. The molecule has 2 nitrogen and oxygen atoms in total. The first-order chi connectivity index (χ1) is 11.7. The van der Waals surface area contributed by atoms with Crippen molar-refractivity contribution in [3.05, 3.63) is 77.9 Å². The van der Waals surface area contributed by atoms with Gasteiger partial charge in [-0.15, -0.1) is 0 Å². The summed E-state index contributed by atoms with van der Waals surface area (Å²) >= 11 is 0. The van der Waals surface area contributed by atoms with E-state index in [0.717, 1.165) is 11.3 Å². The van der Waals surface area contributed by atoms with Crippen LogP contribution in [0.4, 0.5) is 5.69 Å². The number of hydrogen-bond donors (Lipinski definition) is 0. The molecule has 0 atom stereocenters. The van der Waals surface area contributed by atoms with E-state index in [1.54, 1.807) is 6.92 Å². The molecule has 0 aromatic heterocycles. The highest BCUT2D eigenvalue weighted by atomic mass is 16.2. The van der Waals surface area contributed by atoms with Gasteiger partial charge in [-0.25, -0.2) is 0 Å². The van der Waals surface area contributed by atoms with E-state index in [0.29, 0.717) is 6.54 Å². The first-order valence-electron chi connectivity index (χ1n) is 8.22. The second-order valence-electron chi connectivity index (χ2n) is 6.25. The maximum Gasteiger partial charge on any atom is 0.224 e. The molecule has 118 valence electrons. The summed E-state index contributed by atoms with van der Waals surface area (Å²) in [5.74, 6) is 0.0811. The smallest absolute Gasteiger partial charge is 0.224 e. The molecule has 0 spiro atoms. The Hall–Kier alpha value is -2.87. The van der Waals surface area contributed by atoms with E-state index in [2.05, 4.69) is 49.4 Å². The van der Waals surface area contributed by atoms with E-state index in [1.807, 2.05) is 29.2 Å². The summed E-state index contributed by atoms with van der Waals surface area (Å²) in [7, 11) is 0. The van der Waals surface area contributed by atoms with Crippen LogP contribution in [-0.2, 0) is 11.3 Å². The van der Waals surface area contributed by atoms with E-state index < -0.39 is 0 Å². The Morgan fingerprint density at radius 1 is 0.833 bits per heavy atom. The lowest BCUT2D eigenvalue weighted by Gasteiger charge is -2.32. The summed E-state index contributed by atoms with van der Waals surface area (Å²) in [4.78, 5) is 14.0. The van der Waals surface area contributed by atoms with Crippen LogP contribution in [0.3, 0.4) is 0 Å². The summed E-state index contributed by atoms with van der Waals surface area (Å²) in [6.07, 6.45) is 0. The third-order valence-electron chi connectivity index (χ3n) is 4.86. The molecular formula is C22H19NO. The number of benzene rings is 3. The molecule has 0 fully saturated rings. The third-order valence-corrected chi connectivity index (χ3v) is 4.86. The maximum atomic E-state index is 12.2. The fourth-order valence-corrected chi connectivity index (χ4v) is 3.60. The maximum absolute atomic E-state index is 12.2. The molecule has 3 aromatic carbocycles. The van der Waals surface area contributed by atoms with E-state index in [9.17, 15) is 4.79 Å². The van der Waals surface area contributed by atoms with E-state index in [-0.39, 0.29) is 5.91 Å². The Balaban J connectivity index is 1.94. The number of carbonyl (C=O) groups excluding carboxylic acids is 1. The lowest BCUT2D eigenvalue weighted by Crippen LogP contribution is -2.31. The third kappa shape index (κ3) is 2.23. The summed E-state index contributed by atoms with van der Waals surface area (Å²) in [6.45, 7) is 4.43. The van der Waals surface area contributed by atoms with Crippen molar-refractivity contribution in [3.8, 4) is 22.3 Å². The molecule has 0 aliphatic carbocycles. The highest BCUT2D eigenvalue weighted by Crippen LogP contribution is 2.42. The van der Waals surface area contributed by atoms with Gasteiger partial charge in [-0.3, -0.25) is 4.79 Å². The van der Waals surface area contributed by atoms with Gasteiger partial charge in [0.25, 0.3) is 0 Å². The van der Waals surface area contributed by atoms with Crippen LogP contribution in [0, 0.1) is 6.92 Å². The van der Waals surface area contributed by atoms with Gasteiger partial charge in [0.2, 0.25) is 5.91 Å². The second-order valence-corrected chi connectivity index (χ2v) is 6.25. The van der Waals surface area contributed by atoms with Crippen molar-refractivity contribution in [3.63, 3.8) is 0 Å². The predicted molar refractivity (Wildman–Crippen MR) is 98.9 cm³/mol. The summed E-state index contributed by atoms with van der Waals surface area (Å²) in [5.41, 5.74) is 8.31. The first-order valence-corrected chi connectivity index (χ1v) is 8.22. The molecule has 0 saturated carbocycles. The number of carbonyl (C=O) groups is 1. The molecule has 2 heteroatoms. The van der Waals surface area contributed by atoms with Crippen molar-refractivity contribution in [2.45, 2.75) is 20.4 Å². The fourth-order valence-electron chi connectivity index (χ4n) is 3.60.